The third-order valence-corrected chi connectivity index (χ3v) is 6.32. The van der Waals surface area contributed by atoms with E-state index in [1.807, 2.05) is 24.3 Å². The maximum atomic E-state index is 12.3. The van der Waals surface area contributed by atoms with Crippen LogP contribution in [0.5, 0.6) is 11.5 Å². The van der Waals surface area contributed by atoms with Crippen molar-refractivity contribution < 1.29 is 19.0 Å². The number of methoxy groups -OCH3 is 1. The Labute approximate surface area is 165 Å². The van der Waals surface area contributed by atoms with Crippen LogP contribution in [0, 0.1) is 5.92 Å². The zero-order valence-electron chi connectivity index (χ0n) is 14.7. The van der Waals surface area contributed by atoms with E-state index in [2.05, 4.69) is 39.5 Å². The quantitative estimate of drug-likeness (QED) is 0.551. The summed E-state index contributed by atoms with van der Waals surface area (Å²) in [6, 6.07) is 9.85. The molecular weight excluding hydrogens is 410 g/mol. The second-order valence-electron chi connectivity index (χ2n) is 6.96. The number of allylic oxidation sites excluding steroid dienone is 2. The van der Waals surface area contributed by atoms with Crippen molar-refractivity contribution in [1.29, 1.82) is 0 Å². The Hall–Kier alpha value is -2.47. The Morgan fingerprint density at radius 2 is 2.04 bits per heavy atom. The van der Waals surface area contributed by atoms with Gasteiger partial charge in [0.15, 0.2) is 11.5 Å². The molecule has 1 aliphatic carbocycles. The van der Waals surface area contributed by atoms with Crippen LogP contribution in [-0.2, 0) is 4.74 Å². The monoisotopic (exact) mass is 427 g/mol. The Balaban J connectivity index is 1.64. The van der Waals surface area contributed by atoms with Gasteiger partial charge >= 0.3 is 5.97 Å². The summed E-state index contributed by atoms with van der Waals surface area (Å²) in [6.45, 7) is 0.242. The molecule has 2 aliphatic heterocycles. The number of nitrogens with one attached hydrogen (secondary N) is 1. The van der Waals surface area contributed by atoms with Gasteiger partial charge < -0.3 is 19.5 Å². The lowest BCUT2D eigenvalue weighted by atomic mass is 9.76. The van der Waals surface area contributed by atoms with Gasteiger partial charge in [-0.05, 0) is 41.7 Å². The van der Waals surface area contributed by atoms with Gasteiger partial charge in [0.25, 0.3) is 0 Å². The van der Waals surface area contributed by atoms with Crippen LogP contribution in [-0.4, -0.2) is 19.9 Å². The first-order chi connectivity index (χ1) is 13.2. The van der Waals surface area contributed by atoms with Crippen molar-refractivity contribution in [3.8, 4) is 11.5 Å². The van der Waals surface area contributed by atoms with Gasteiger partial charge in [0, 0.05) is 10.4 Å². The molecule has 5 rings (SSSR count). The number of ether oxygens (including phenoxy) is 3. The minimum Gasteiger partial charge on any atom is -0.465 e. The number of carbonyl (C=O) groups is 1. The third kappa shape index (κ3) is 2.54. The van der Waals surface area contributed by atoms with E-state index >= 15 is 0 Å². The normalized spacial score (nSPS) is 24.1. The molecule has 0 aromatic heterocycles. The minimum absolute atomic E-state index is 0.0344. The van der Waals surface area contributed by atoms with Crippen LogP contribution < -0.4 is 14.8 Å². The van der Waals surface area contributed by atoms with E-state index in [-0.39, 0.29) is 24.7 Å². The molecule has 5 nitrogen and oxygen atoms in total. The summed E-state index contributed by atoms with van der Waals surface area (Å²) in [7, 11) is 1.41. The molecule has 2 aromatic rings. The number of rotatable bonds is 2. The van der Waals surface area contributed by atoms with Crippen LogP contribution in [0.2, 0.25) is 0 Å². The molecule has 0 amide bonds. The number of carbonyl (C=O) groups excluding carboxylic acids is 1. The van der Waals surface area contributed by atoms with Gasteiger partial charge in [0.1, 0.15) is 0 Å². The zero-order chi connectivity index (χ0) is 18.5. The molecule has 0 radical (unpaired) electrons. The molecule has 3 atom stereocenters. The number of anilines is 1. The fourth-order valence-corrected chi connectivity index (χ4v) is 4.95. The molecule has 0 spiro atoms. The molecule has 3 aliphatic rings. The van der Waals surface area contributed by atoms with Crippen LogP contribution in [0.4, 0.5) is 5.69 Å². The number of para-hydroxylation sites is 1. The van der Waals surface area contributed by atoms with Gasteiger partial charge in [-0.15, -0.1) is 0 Å². The highest BCUT2D eigenvalue weighted by Crippen LogP contribution is 2.53. The molecule has 0 saturated heterocycles. The first-order valence-corrected chi connectivity index (χ1v) is 9.70. The third-order valence-electron chi connectivity index (χ3n) is 5.63. The summed E-state index contributed by atoms with van der Waals surface area (Å²) >= 11 is 3.70. The summed E-state index contributed by atoms with van der Waals surface area (Å²) in [5.41, 5.74) is 3.66. The molecule has 2 aromatic carbocycles. The van der Waals surface area contributed by atoms with Gasteiger partial charge in [-0.3, -0.25) is 0 Å². The highest BCUT2D eigenvalue weighted by Gasteiger charge is 2.40. The van der Waals surface area contributed by atoms with Crippen LogP contribution in [0.15, 0.2) is 47.0 Å². The van der Waals surface area contributed by atoms with Gasteiger partial charge in [0.05, 0.1) is 24.4 Å². The maximum absolute atomic E-state index is 12.3. The largest absolute Gasteiger partial charge is 0.465 e. The van der Waals surface area contributed by atoms with Crippen molar-refractivity contribution in [3.05, 3.63) is 63.6 Å². The average Bonchev–Trinajstić information content (AvgIpc) is 3.34. The Bertz CT molecular complexity index is 971. The van der Waals surface area contributed by atoms with Gasteiger partial charge in [-0.2, -0.15) is 0 Å². The molecule has 138 valence electrons. The van der Waals surface area contributed by atoms with Crippen LogP contribution in [0.1, 0.15) is 39.9 Å². The zero-order valence-corrected chi connectivity index (χ0v) is 16.3. The van der Waals surface area contributed by atoms with Crippen LogP contribution >= 0.6 is 15.9 Å². The molecule has 27 heavy (non-hydrogen) atoms. The van der Waals surface area contributed by atoms with Crippen molar-refractivity contribution in [1.82, 2.24) is 0 Å². The first kappa shape index (κ1) is 16.7. The lowest BCUT2D eigenvalue weighted by Crippen LogP contribution is -2.30. The van der Waals surface area contributed by atoms with E-state index in [4.69, 9.17) is 14.2 Å². The van der Waals surface area contributed by atoms with E-state index in [0.717, 1.165) is 39.2 Å². The SMILES string of the molecule is COC(=O)c1cccc2c1N[C@H](c1cc3c(cc1Br)OCO3)[C@@H]1CC=C[C@@H]21. The standard InChI is InChI=1S/C21H18BrNO4/c1-25-21(24)14-7-3-6-12-11-4-2-5-13(11)20(23-19(12)14)15-8-17-18(9-16(15)22)27-10-26-17/h2-4,6-9,11,13,20,23H,5,10H2,1H3/t11-,13+,20-/m0/s1. The fraction of sp³-hybridized carbons (Fsp3) is 0.286. The van der Waals surface area contributed by atoms with E-state index in [0.29, 0.717) is 11.5 Å². The van der Waals surface area contributed by atoms with E-state index in [1.54, 1.807) is 0 Å². The highest BCUT2D eigenvalue weighted by molar-refractivity contribution is 9.10. The van der Waals surface area contributed by atoms with Gasteiger partial charge in [-0.25, -0.2) is 4.79 Å². The molecule has 6 heteroatoms. The summed E-state index contributed by atoms with van der Waals surface area (Å²) in [4.78, 5) is 12.3. The number of esters is 1. The lowest BCUT2D eigenvalue weighted by Gasteiger charge is -2.38. The van der Waals surface area contributed by atoms with E-state index in [9.17, 15) is 4.79 Å². The average molecular weight is 428 g/mol. The number of hydrogen-bond acceptors (Lipinski definition) is 5. The maximum Gasteiger partial charge on any atom is 0.339 e. The number of fused-ring (bicyclic) bond motifs is 4. The van der Waals surface area contributed by atoms with Crippen LogP contribution in [0.25, 0.3) is 0 Å². The lowest BCUT2D eigenvalue weighted by molar-refractivity contribution is 0.0601. The molecular formula is C21H18BrNO4. The molecule has 0 unspecified atom stereocenters. The smallest absolute Gasteiger partial charge is 0.339 e. The second-order valence-corrected chi connectivity index (χ2v) is 7.82. The fourth-order valence-electron chi connectivity index (χ4n) is 4.38. The predicted molar refractivity (Wildman–Crippen MR) is 104 cm³/mol. The Morgan fingerprint density at radius 1 is 1.22 bits per heavy atom. The summed E-state index contributed by atoms with van der Waals surface area (Å²) in [6.07, 6.45) is 5.45. The molecule has 1 N–H and O–H groups in total. The van der Waals surface area contributed by atoms with Crippen molar-refractivity contribution in [2.24, 2.45) is 5.92 Å². The van der Waals surface area contributed by atoms with Gasteiger partial charge in [-0.1, -0.05) is 40.2 Å². The summed E-state index contributed by atoms with van der Waals surface area (Å²) in [5.74, 6) is 1.79. The highest BCUT2D eigenvalue weighted by atomic mass is 79.9. The predicted octanol–water partition coefficient (Wildman–Crippen LogP) is 4.79. The van der Waals surface area contributed by atoms with Crippen molar-refractivity contribution >= 4 is 27.6 Å². The van der Waals surface area contributed by atoms with E-state index in [1.165, 1.54) is 7.11 Å². The first-order valence-electron chi connectivity index (χ1n) is 8.91. The minimum atomic E-state index is -0.330. The number of benzene rings is 2. The van der Waals surface area contributed by atoms with Crippen molar-refractivity contribution in [2.45, 2.75) is 18.4 Å². The number of halogens is 1. The second kappa shape index (κ2) is 6.30. The van der Waals surface area contributed by atoms with Crippen molar-refractivity contribution in [2.75, 3.05) is 19.2 Å². The van der Waals surface area contributed by atoms with E-state index < -0.39 is 0 Å². The topological polar surface area (TPSA) is 56.8 Å². The number of hydrogen-bond donors (Lipinski definition) is 1. The van der Waals surface area contributed by atoms with Gasteiger partial charge in [0.2, 0.25) is 6.79 Å². The summed E-state index contributed by atoms with van der Waals surface area (Å²) in [5, 5.41) is 3.63. The molecule has 0 bridgehead atoms. The summed E-state index contributed by atoms with van der Waals surface area (Å²) < 4.78 is 17.0. The molecule has 0 fully saturated rings. The Morgan fingerprint density at radius 3 is 2.85 bits per heavy atom. The molecule has 0 saturated carbocycles. The van der Waals surface area contributed by atoms with Crippen LogP contribution in [0.3, 0.4) is 0 Å². The molecule has 2 heterocycles. The van der Waals surface area contributed by atoms with Crippen molar-refractivity contribution in [3.63, 3.8) is 0 Å². The Kier molecular flexibility index (Phi) is 3.90.